The van der Waals surface area contributed by atoms with Gasteiger partial charge in [-0.15, -0.1) is 11.3 Å². The molecule has 7 nitrogen and oxygen atoms in total. The lowest BCUT2D eigenvalue weighted by atomic mass is 9.97. The Hall–Kier alpha value is -1.94. The molecule has 0 spiro atoms. The molecule has 0 radical (unpaired) electrons. The summed E-state index contributed by atoms with van der Waals surface area (Å²) in [5.41, 5.74) is 2.58. The third kappa shape index (κ3) is 4.44. The zero-order chi connectivity index (χ0) is 22.1. The van der Waals surface area contributed by atoms with Gasteiger partial charge in [-0.2, -0.15) is 4.31 Å². The topological polar surface area (TPSA) is 70.2 Å². The number of ether oxygens (including phenoxy) is 1. The first-order chi connectivity index (χ1) is 15.5. The van der Waals surface area contributed by atoms with E-state index in [-0.39, 0.29) is 18.4 Å². The van der Waals surface area contributed by atoms with Crippen LogP contribution in [-0.4, -0.2) is 74.3 Å². The Balaban J connectivity index is 1.16. The Morgan fingerprint density at radius 2 is 1.97 bits per heavy atom. The smallest absolute Gasteiger partial charge is 0.252 e. The summed E-state index contributed by atoms with van der Waals surface area (Å²) in [7, 11) is -3.50. The van der Waals surface area contributed by atoms with Gasteiger partial charge in [-0.1, -0.05) is 18.2 Å². The highest BCUT2D eigenvalue weighted by molar-refractivity contribution is 7.91. The summed E-state index contributed by atoms with van der Waals surface area (Å²) in [5.74, 6) is 0.860. The van der Waals surface area contributed by atoms with Crippen LogP contribution in [0.1, 0.15) is 24.0 Å². The fourth-order valence-corrected chi connectivity index (χ4v) is 7.55. The Morgan fingerprint density at radius 3 is 2.75 bits per heavy atom. The van der Waals surface area contributed by atoms with Gasteiger partial charge in [0, 0.05) is 52.2 Å². The molecular weight excluding hydrogens is 446 g/mol. The summed E-state index contributed by atoms with van der Waals surface area (Å²) in [4.78, 5) is 17.5. The van der Waals surface area contributed by atoms with E-state index in [1.54, 1.807) is 17.5 Å². The zero-order valence-corrected chi connectivity index (χ0v) is 19.7. The highest BCUT2D eigenvalue weighted by Crippen LogP contribution is 2.28. The molecule has 32 heavy (non-hydrogen) atoms. The number of fused-ring (bicyclic) bond motifs is 1. The summed E-state index contributed by atoms with van der Waals surface area (Å²) in [5, 5.41) is 1.77. The monoisotopic (exact) mass is 475 g/mol. The van der Waals surface area contributed by atoms with Crippen molar-refractivity contribution >= 4 is 27.3 Å². The maximum absolute atomic E-state index is 13.2. The van der Waals surface area contributed by atoms with Crippen molar-refractivity contribution in [2.75, 3.05) is 45.9 Å². The van der Waals surface area contributed by atoms with Crippen LogP contribution >= 0.6 is 11.3 Å². The van der Waals surface area contributed by atoms with Crippen LogP contribution in [-0.2, 0) is 27.8 Å². The van der Waals surface area contributed by atoms with Crippen molar-refractivity contribution in [1.82, 2.24) is 14.1 Å². The largest absolute Gasteiger partial charge is 0.493 e. The van der Waals surface area contributed by atoms with Crippen LogP contribution in [0.15, 0.2) is 39.9 Å². The molecule has 1 atom stereocenters. The Labute approximate surface area is 193 Å². The molecule has 172 valence electrons. The van der Waals surface area contributed by atoms with E-state index in [1.165, 1.54) is 26.8 Å². The molecule has 0 N–H and O–H groups in total. The maximum Gasteiger partial charge on any atom is 0.252 e. The molecule has 2 fully saturated rings. The Bertz CT molecular complexity index is 1060. The first-order valence-corrected chi connectivity index (χ1v) is 13.6. The molecule has 1 amide bonds. The van der Waals surface area contributed by atoms with Crippen molar-refractivity contribution in [2.45, 2.75) is 30.0 Å². The van der Waals surface area contributed by atoms with Gasteiger partial charge in [-0.25, -0.2) is 8.42 Å². The zero-order valence-electron chi connectivity index (χ0n) is 18.1. The number of hydrogen-bond acceptors (Lipinski definition) is 6. The number of nitrogens with zero attached hydrogens (tertiary/aromatic N) is 3. The number of thiophene rings is 1. The number of amides is 1. The lowest BCUT2D eigenvalue weighted by Gasteiger charge is -2.38. The fourth-order valence-electron chi connectivity index (χ4n) is 4.88. The van der Waals surface area contributed by atoms with E-state index in [1.807, 2.05) is 4.90 Å². The van der Waals surface area contributed by atoms with Crippen LogP contribution in [0.2, 0.25) is 0 Å². The van der Waals surface area contributed by atoms with E-state index < -0.39 is 10.0 Å². The molecule has 3 aliphatic heterocycles. The number of rotatable bonds is 5. The number of hydrogen-bond donors (Lipinski definition) is 0. The quantitative estimate of drug-likeness (QED) is 0.664. The van der Waals surface area contributed by atoms with E-state index in [0.717, 1.165) is 51.3 Å². The first-order valence-electron chi connectivity index (χ1n) is 11.3. The number of piperazine rings is 1. The van der Waals surface area contributed by atoms with Crippen LogP contribution in [0, 0.1) is 5.92 Å². The third-order valence-corrected chi connectivity index (χ3v) is 9.90. The van der Waals surface area contributed by atoms with Crippen LogP contribution in [0.25, 0.3) is 0 Å². The van der Waals surface area contributed by atoms with Gasteiger partial charge in [0.05, 0.1) is 12.5 Å². The van der Waals surface area contributed by atoms with Crippen molar-refractivity contribution < 1.29 is 17.9 Å². The molecule has 9 heteroatoms. The van der Waals surface area contributed by atoms with E-state index in [0.29, 0.717) is 23.8 Å². The first kappa shape index (κ1) is 21.9. The number of sulfonamides is 1. The van der Waals surface area contributed by atoms with Crippen molar-refractivity contribution in [3.8, 4) is 5.75 Å². The van der Waals surface area contributed by atoms with Crippen LogP contribution in [0.4, 0.5) is 0 Å². The number of benzene rings is 1. The van der Waals surface area contributed by atoms with Crippen molar-refractivity contribution in [2.24, 2.45) is 5.92 Å². The minimum atomic E-state index is -3.50. The number of piperidine rings is 1. The molecule has 0 unspecified atom stereocenters. The lowest BCUT2D eigenvalue weighted by Crippen LogP contribution is -2.52. The van der Waals surface area contributed by atoms with E-state index >= 15 is 0 Å². The molecule has 3 aliphatic rings. The highest BCUT2D eigenvalue weighted by atomic mass is 32.2. The molecule has 1 aromatic carbocycles. The van der Waals surface area contributed by atoms with Gasteiger partial charge >= 0.3 is 0 Å². The summed E-state index contributed by atoms with van der Waals surface area (Å²) >= 11 is 1.23. The number of carbonyl (C=O) groups excluding carboxylic acids is 1. The van der Waals surface area contributed by atoms with Gasteiger partial charge in [0.25, 0.3) is 10.0 Å². The van der Waals surface area contributed by atoms with Gasteiger partial charge in [0.2, 0.25) is 5.91 Å². The molecule has 1 aromatic heterocycles. The SMILES string of the molecule is O=C([C@H]1CCCN(S(=O)(=O)c2cccs2)C1)N1CCN(Cc2ccc3c(c2)CCO3)CC1. The molecule has 5 rings (SSSR count). The van der Waals surface area contributed by atoms with Crippen molar-refractivity contribution in [1.29, 1.82) is 0 Å². The predicted molar refractivity (Wildman–Crippen MR) is 123 cm³/mol. The molecule has 2 aromatic rings. The standard InChI is InChI=1S/C23H29N3O4S2/c27-23(20-3-1-8-26(17-20)32(28,29)22-4-2-14-31-22)25-11-9-24(10-12-25)16-18-5-6-21-19(15-18)7-13-30-21/h2,4-6,14-15,20H,1,3,7-13,16-17H2/t20-/m0/s1. The minimum Gasteiger partial charge on any atom is -0.493 e. The van der Waals surface area contributed by atoms with E-state index in [2.05, 4.69) is 23.1 Å². The molecule has 0 bridgehead atoms. The van der Waals surface area contributed by atoms with Crippen LogP contribution < -0.4 is 4.74 Å². The molecule has 4 heterocycles. The van der Waals surface area contributed by atoms with E-state index in [4.69, 9.17) is 4.74 Å². The molecule has 2 saturated heterocycles. The second-order valence-electron chi connectivity index (χ2n) is 8.78. The molecule has 0 aliphatic carbocycles. The van der Waals surface area contributed by atoms with Crippen LogP contribution in [0.5, 0.6) is 5.75 Å². The predicted octanol–water partition coefficient (Wildman–Crippen LogP) is 2.43. The second-order valence-corrected chi connectivity index (χ2v) is 11.9. The minimum absolute atomic E-state index is 0.102. The summed E-state index contributed by atoms with van der Waals surface area (Å²) in [6.07, 6.45) is 2.46. The Morgan fingerprint density at radius 1 is 1.12 bits per heavy atom. The summed E-state index contributed by atoms with van der Waals surface area (Å²) < 4.78 is 33.2. The normalized spacial score (nSPS) is 22.5. The van der Waals surface area contributed by atoms with Crippen LogP contribution in [0.3, 0.4) is 0 Å². The Kier molecular flexibility index (Phi) is 6.24. The average Bonchev–Trinajstić information content (AvgIpc) is 3.51. The van der Waals surface area contributed by atoms with E-state index in [9.17, 15) is 13.2 Å². The van der Waals surface area contributed by atoms with Gasteiger partial charge < -0.3 is 9.64 Å². The maximum atomic E-state index is 13.2. The molecular formula is C23H29N3O4S2. The van der Waals surface area contributed by atoms with Gasteiger partial charge in [-0.3, -0.25) is 9.69 Å². The highest BCUT2D eigenvalue weighted by Gasteiger charge is 2.36. The van der Waals surface area contributed by atoms with Crippen molar-refractivity contribution in [3.05, 3.63) is 46.8 Å². The molecule has 0 saturated carbocycles. The summed E-state index contributed by atoms with van der Waals surface area (Å²) in [6.45, 7) is 5.49. The lowest BCUT2D eigenvalue weighted by molar-refractivity contribution is -0.138. The second kappa shape index (κ2) is 9.13. The van der Waals surface area contributed by atoms with Gasteiger partial charge in [0.15, 0.2) is 0 Å². The van der Waals surface area contributed by atoms with Gasteiger partial charge in [0.1, 0.15) is 9.96 Å². The fraction of sp³-hybridized carbons (Fsp3) is 0.522. The number of carbonyl (C=O) groups is 1. The van der Waals surface area contributed by atoms with Gasteiger partial charge in [-0.05, 0) is 41.5 Å². The van der Waals surface area contributed by atoms with Crippen molar-refractivity contribution in [3.63, 3.8) is 0 Å². The summed E-state index contributed by atoms with van der Waals surface area (Å²) in [6, 6.07) is 9.83. The average molecular weight is 476 g/mol. The third-order valence-electron chi connectivity index (χ3n) is 6.67.